The molecule has 1 amide bonds. The molecule has 1 rings (SSSR count). The van der Waals surface area contributed by atoms with E-state index in [1.165, 1.54) is 18.6 Å². The Labute approximate surface area is 96.6 Å². The van der Waals surface area contributed by atoms with Gasteiger partial charge in [0.2, 0.25) is 5.91 Å². The minimum atomic E-state index is -0.346. The molecule has 0 aromatic carbocycles. The maximum Gasteiger partial charge on any atom is 0.237 e. The van der Waals surface area contributed by atoms with Crippen molar-refractivity contribution >= 4 is 17.7 Å². The zero-order valence-corrected chi connectivity index (χ0v) is 10.5. The molecule has 15 heavy (non-hydrogen) atoms. The summed E-state index contributed by atoms with van der Waals surface area (Å²) in [5.41, 5.74) is 5.84. The average molecular weight is 230 g/mol. The van der Waals surface area contributed by atoms with Crippen molar-refractivity contribution in [2.24, 2.45) is 11.7 Å². The molecular weight excluding hydrogens is 208 g/mol. The number of nitrogens with one attached hydrogen (secondary N) is 1. The van der Waals surface area contributed by atoms with Crippen LogP contribution in [0.15, 0.2) is 0 Å². The van der Waals surface area contributed by atoms with E-state index in [1.54, 1.807) is 0 Å². The Balaban J connectivity index is 2.22. The first kappa shape index (κ1) is 12.8. The topological polar surface area (TPSA) is 55.1 Å². The third-order valence-corrected chi connectivity index (χ3v) is 4.49. The molecule has 0 aliphatic carbocycles. The van der Waals surface area contributed by atoms with Crippen LogP contribution in [0, 0.1) is 5.92 Å². The number of amides is 1. The lowest BCUT2D eigenvalue weighted by Crippen LogP contribution is -2.46. The zero-order valence-electron chi connectivity index (χ0n) is 9.66. The molecule has 0 bridgehead atoms. The van der Waals surface area contributed by atoms with Crippen molar-refractivity contribution < 1.29 is 4.79 Å². The molecule has 88 valence electrons. The highest BCUT2D eigenvalue weighted by molar-refractivity contribution is 8.00. The molecule has 0 aromatic heterocycles. The molecule has 1 fully saturated rings. The van der Waals surface area contributed by atoms with Crippen LogP contribution in [0.3, 0.4) is 0 Å². The summed E-state index contributed by atoms with van der Waals surface area (Å²) in [7, 11) is 0. The van der Waals surface area contributed by atoms with Crippen LogP contribution < -0.4 is 11.1 Å². The summed E-state index contributed by atoms with van der Waals surface area (Å²) < 4.78 is 0. The van der Waals surface area contributed by atoms with Gasteiger partial charge in [-0.05, 0) is 24.5 Å². The highest BCUT2D eigenvalue weighted by Crippen LogP contribution is 2.25. The van der Waals surface area contributed by atoms with E-state index >= 15 is 0 Å². The maximum absolute atomic E-state index is 11.7. The Hall–Kier alpha value is -0.220. The van der Waals surface area contributed by atoms with Crippen LogP contribution in [0.1, 0.15) is 33.1 Å². The molecular formula is C11H22N2OS. The number of nitrogens with two attached hydrogens (primary N) is 1. The summed E-state index contributed by atoms with van der Waals surface area (Å²) in [6.07, 6.45) is 3.46. The number of rotatable bonds is 5. The smallest absolute Gasteiger partial charge is 0.237 e. The van der Waals surface area contributed by atoms with Crippen molar-refractivity contribution in [3.8, 4) is 0 Å². The van der Waals surface area contributed by atoms with E-state index in [-0.39, 0.29) is 17.9 Å². The molecule has 1 aliphatic rings. The zero-order chi connectivity index (χ0) is 11.3. The SMILES string of the molecule is CCC(C)[C@H](N)C(=O)NCC1CCCS1. The van der Waals surface area contributed by atoms with Crippen LogP contribution >= 0.6 is 11.8 Å². The first-order chi connectivity index (χ1) is 7.15. The fourth-order valence-electron chi connectivity index (χ4n) is 1.65. The number of hydrogen-bond donors (Lipinski definition) is 2. The number of carbonyl (C=O) groups excluding carboxylic acids is 1. The van der Waals surface area contributed by atoms with Gasteiger partial charge in [0.25, 0.3) is 0 Å². The lowest BCUT2D eigenvalue weighted by molar-refractivity contribution is -0.123. The molecule has 1 saturated heterocycles. The summed E-state index contributed by atoms with van der Waals surface area (Å²) in [6.45, 7) is 4.87. The van der Waals surface area contributed by atoms with E-state index in [9.17, 15) is 4.79 Å². The first-order valence-electron chi connectivity index (χ1n) is 5.80. The Morgan fingerprint density at radius 2 is 2.40 bits per heavy atom. The second-order valence-corrected chi connectivity index (χ2v) is 5.70. The molecule has 0 radical (unpaired) electrons. The van der Waals surface area contributed by atoms with Gasteiger partial charge in [0, 0.05) is 11.8 Å². The molecule has 0 aromatic rings. The molecule has 1 aliphatic heterocycles. The minimum absolute atomic E-state index is 0.0110. The minimum Gasteiger partial charge on any atom is -0.354 e. The van der Waals surface area contributed by atoms with E-state index in [0.29, 0.717) is 5.25 Å². The highest BCUT2D eigenvalue weighted by atomic mass is 32.2. The molecule has 3 atom stereocenters. The molecule has 1 heterocycles. The third-order valence-electron chi connectivity index (χ3n) is 3.09. The predicted molar refractivity (Wildman–Crippen MR) is 65.9 cm³/mol. The van der Waals surface area contributed by atoms with Gasteiger partial charge in [0.15, 0.2) is 0 Å². The van der Waals surface area contributed by atoms with Gasteiger partial charge in [-0.3, -0.25) is 4.79 Å². The Morgan fingerprint density at radius 1 is 1.67 bits per heavy atom. The van der Waals surface area contributed by atoms with Crippen molar-refractivity contribution in [1.29, 1.82) is 0 Å². The van der Waals surface area contributed by atoms with Gasteiger partial charge in [-0.15, -0.1) is 0 Å². The molecule has 2 unspecified atom stereocenters. The Kier molecular flexibility index (Phi) is 5.47. The highest BCUT2D eigenvalue weighted by Gasteiger charge is 2.21. The average Bonchev–Trinajstić information content (AvgIpc) is 2.76. The quantitative estimate of drug-likeness (QED) is 0.750. The van der Waals surface area contributed by atoms with Crippen molar-refractivity contribution in [1.82, 2.24) is 5.32 Å². The van der Waals surface area contributed by atoms with Gasteiger partial charge in [0.05, 0.1) is 6.04 Å². The second kappa shape index (κ2) is 6.38. The fourth-order valence-corrected chi connectivity index (χ4v) is 2.85. The summed E-state index contributed by atoms with van der Waals surface area (Å²) in [5, 5.41) is 3.56. The first-order valence-corrected chi connectivity index (χ1v) is 6.85. The maximum atomic E-state index is 11.7. The van der Waals surface area contributed by atoms with Gasteiger partial charge >= 0.3 is 0 Å². The lowest BCUT2D eigenvalue weighted by Gasteiger charge is -2.18. The van der Waals surface area contributed by atoms with Crippen molar-refractivity contribution in [2.75, 3.05) is 12.3 Å². The lowest BCUT2D eigenvalue weighted by atomic mass is 9.99. The summed E-state index contributed by atoms with van der Waals surface area (Å²) in [6, 6.07) is -0.346. The van der Waals surface area contributed by atoms with E-state index in [2.05, 4.69) is 12.2 Å². The predicted octanol–water partition coefficient (Wildman–Crippen LogP) is 1.37. The van der Waals surface area contributed by atoms with Crippen molar-refractivity contribution in [3.05, 3.63) is 0 Å². The van der Waals surface area contributed by atoms with Crippen LogP contribution in [0.5, 0.6) is 0 Å². The Bertz CT molecular complexity index is 205. The molecule has 0 saturated carbocycles. The van der Waals surface area contributed by atoms with Gasteiger partial charge in [0.1, 0.15) is 0 Å². The third kappa shape index (κ3) is 4.03. The summed E-state index contributed by atoms with van der Waals surface area (Å²) in [5.74, 6) is 1.51. The molecule has 0 spiro atoms. The fraction of sp³-hybridized carbons (Fsp3) is 0.909. The van der Waals surface area contributed by atoms with Gasteiger partial charge in [-0.1, -0.05) is 20.3 Å². The number of carbonyl (C=O) groups is 1. The van der Waals surface area contributed by atoms with Gasteiger partial charge < -0.3 is 11.1 Å². The molecule has 3 nitrogen and oxygen atoms in total. The summed E-state index contributed by atoms with van der Waals surface area (Å²) >= 11 is 1.95. The number of hydrogen-bond acceptors (Lipinski definition) is 3. The van der Waals surface area contributed by atoms with Crippen LogP contribution in [-0.2, 0) is 4.79 Å². The van der Waals surface area contributed by atoms with Crippen LogP contribution in [0.2, 0.25) is 0 Å². The van der Waals surface area contributed by atoms with E-state index in [1.807, 2.05) is 18.7 Å². The van der Waals surface area contributed by atoms with Crippen LogP contribution in [-0.4, -0.2) is 29.5 Å². The monoisotopic (exact) mass is 230 g/mol. The van der Waals surface area contributed by atoms with Crippen LogP contribution in [0.25, 0.3) is 0 Å². The normalized spacial score (nSPS) is 24.9. The summed E-state index contributed by atoms with van der Waals surface area (Å²) in [4.78, 5) is 11.7. The number of thioether (sulfide) groups is 1. The van der Waals surface area contributed by atoms with E-state index in [4.69, 9.17) is 5.73 Å². The molecule has 4 heteroatoms. The van der Waals surface area contributed by atoms with Crippen molar-refractivity contribution in [2.45, 2.75) is 44.4 Å². The van der Waals surface area contributed by atoms with Gasteiger partial charge in [-0.2, -0.15) is 11.8 Å². The van der Waals surface area contributed by atoms with Crippen LogP contribution in [0.4, 0.5) is 0 Å². The largest absolute Gasteiger partial charge is 0.354 e. The molecule has 3 N–H and O–H groups in total. The van der Waals surface area contributed by atoms with E-state index < -0.39 is 0 Å². The van der Waals surface area contributed by atoms with E-state index in [0.717, 1.165) is 13.0 Å². The van der Waals surface area contributed by atoms with Gasteiger partial charge in [-0.25, -0.2) is 0 Å². The standard InChI is InChI=1S/C11H22N2OS/c1-3-8(2)10(12)11(14)13-7-9-5-4-6-15-9/h8-10H,3-7,12H2,1-2H3,(H,13,14)/t8?,9?,10-/m0/s1. The second-order valence-electron chi connectivity index (χ2n) is 4.29. The van der Waals surface area contributed by atoms with Crippen molar-refractivity contribution in [3.63, 3.8) is 0 Å². The Morgan fingerprint density at radius 3 is 2.93 bits per heavy atom.